The standard InChI is InChI=1S/C10H10ClNO/c1-7(12-8(2)13)9-4-3-5-10(11)6-9/h3-6H,1H2,2H3,(H,12,13). The Hall–Kier alpha value is -1.28. The van der Waals surface area contributed by atoms with Gasteiger partial charge in [-0.2, -0.15) is 0 Å². The van der Waals surface area contributed by atoms with E-state index >= 15 is 0 Å². The Labute approximate surface area is 82.2 Å². The lowest BCUT2D eigenvalue weighted by molar-refractivity contribution is -0.117. The predicted molar refractivity (Wildman–Crippen MR) is 54.3 cm³/mol. The van der Waals surface area contributed by atoms with Gasteiger partial charge in [0, 0.05) is 17.6 Å². The van der Waals surface area contributed by atoms with Gasteiger partial charge in [0.25, 0.3) is 0 Å². The zero-order chi connectivity index (χ0) is 9.84. The first-order valence-corrected chi connectivity index (χ1v) is 4.20. The average molecular weight is 196 g/mol. The van der Waals surface area contributed by atoms with Crippen molar-refractivity contribution >= 4 is 23.2 Å². The van der Waals surface area contributed by atoms with Gasteiger partial charge in [-0.1, -0.05) is 30.3 Å². The molecule has 0 saturated heterocycles. The molecule has 0 heterocycles. The molecule has 0 aromatic heterocycles. The maximum atomic E-state index is 10.7. The second-order valence-corrected chi connectivity index (χ2v) is 3.11. The minimum Gasteiger partial charge on any atom is -0.326 e. The van der Waals surface area contributed by atoms with E-state index in [-0.39, 0.29) is 5.91 Å². The van der Waals surface area contributed by atoms with Crippen molar-refractivity contribution in [2.75, 3.05) is 0 Å². The first-order valence-electron chi connectivity index (χ1n) is 3.82. The molecule has 0 radical (unpaired) electrons. The number of carbonyl (C=O) groups is 1. The predicted octanol–water partition coefficient (Wildman–Crippen LogP) is 2.45. The van der Waals surface area contributed by atoms with E-state index in [1.165, 1.54) is 6.92 Å². The lowest BCUT2D eigenvalue weighted by atomic mass is 10.2. The Morgan fingerprint density at radius 3 is 2.77 bits per heavy atom. The lowest BCUT2D eigenvalue weighted by Gasteiger charge is -2.05. The molecule has 0 unspecified atom stereocenters. The van der Waals surface area contributed by atoms with Gasteiger partial charge in [0.1, 0.15) is 0 Å². The van der Waals surface area contributed by atoms with Crippen LogP contribution in [0.3, 0.4) is 0 Å². The van der Waals surface area contributed by atoms with Gasteiger partial charge < -0.3 is 5.32 Å². The number of carbonyl (C=O) groups excluding carboxylic acids is 1. The van der Waals surface area contributed by atoms with E-state index in [0.717, 1.165) is 5.56 Å². The molecule has 1 aromatic carbocycles. The average Bonchev–Trinajstić information content (AvgIpc) is 2.03. The SMILES string of the molecule is C=C(NC(C)=O)c1cccc(Cl)c1. The van der Waals surface area contributed by atoms with Crippen LogP contribution in [-0.2, 0) is 4.79 Å². The third kappa shape index (κ3) is 2.92. The van der Waals surface area contributed by atoms with E-state index < -0.39 is 0 Å². The quantitative estimate of drug-likeness (QED) is 0.772. The van der Waals surface area contributed by atoms with E-state index in [0.29, 0.717) is 10.7 Å². The number of hydrogen-bond donors (Lipinski definition) is 1. The van der Waals surface area contributed by atoms with Crippen molar-refractivity contribution in [3.8, 4) is 0 Å². The molecule has 13 heavy (non-hydrogen) atoms. The molecule has 0 aliphatic carbocycles. The summed E-state index contributed by atoms with van der Waals surface area (Å²) in [4.78, 5) is 10.7. The Balaban J connectivity index is 2.83. The molecule has 0 atom stereocenters. The largest absolute Gasteiger partial charge is 0.326 e. The molecule has 1 amide bonds. The van der Waals surface area contributed by atoms with Gasteiger partial charge in [-0.05, 0) is 17.7 Å². The summed E-state index contributed by atoms with van der Waals surface area (Å²) in [6, 6.07) is 7.17. The summed E-state index contributed by atoms with van der Waals surface area (Å²) in [5.41, 5.74) is 1.39. The highest BCUT2D eigenvalue weighted by atomic mass is 35.5. The molecule has 0 aliphatic rings. The second-order valence-electron chi connectivity index (χ2n) is 2.67. The highest BCUT2D eigenvalue weighted by molar-refractivity contribution is 6.30. The van der Waals surface area contributed by atoms with Gasteiger partial charge in [0.15, 0.2) is 0 Å². The van der Waals surface area contributed by atoms with E-state index in [2.05, 4.69) is 11.9 Å². The normalized spacial score (nSPS) is 9.38. The van der Waals surface area contributed by atoms with Crippen LogP contribution in [0.1, 0.15) is 12.5 Å². The maximum Gasteiger partial charge on any atom is 0.221 e. The topological polar surface area (TPSA) is 29.1 Å². The van der Waals surface area contributed by atoms with Crippen LogP contribution < -0.4 is 5.32 Å². The molecule has 3 heteroatoms. The summed E-state index contributed by atoms with van der Waals surface area (Å²) in [6.45, 7) is 5.16. The molecule has 0 saturated carbocycles. The number of halogens is 1. The van der Waals surface area contributed by atoms with Gasteiger partial charge in [-0.3, -0.25) is 4.79 Å². The lowest BCUT2D eigenvalue weighted by Crippen LogP contribution is -2.17. The van der Waals surface area contributed by atoms with Crippen molar-refractivity contribution in [1.82, 2.24) is 5.32 Å². The zero-order valence-electron chi connectivity index (χ0n) is 7.30. The summed E-state index contributed by atoms with van der Waals surface area (Å²) >= 11 is 5.77. The van der Waals surface area contributed by atoms with Crippen molar-refractivity contribution in [2.45, 2.75) is 6.92 Å². The highest BCUT2D eigenvalue weighted by Crippen LogP contribution is 2.15. The van der Waals surface area contributed by atoms with Crippen molar-refractivity contribution in [2.24, 2.45) is 0 Å². The number of amides is 1. The molecule has 1 aromatic rings. The van der Waals surface area contributed by atoms with Crippen molar-refractivity contribution < 1.29 is 4.79 Å². The highest BCUT2D eigenvalue weighted by Gasteiger charge is 2.00. The van der Waals surface area contributed by atoms with E-state index in [1.54, 1.807) is 12.1 Å². The number of rotatable bonds is 2. The zero-order valence-corrected chi connectivity index (χ0v) is 8.06. The first-order chi connectivity index (χ1) is 6.09. The van der Waals surface area contributed by atoms with Crippen LogP contribution >= 0.6 is 11.6 Å². The van der Waals surface area contributed by atoms with E-state index in [4.69, 9.17) is 11.6 Å². The molecule has 0 bridgehead atoms. The number of benzene rings is 1. The van der Waals surface area contributed by atoms with Gasteiger partial charge in [-0.25, -0.2) is 0 Å². The maximum absolute atomic E-state index is 10.7. The molecule has 1 rings (SSSR count). The van der Waals surface area contributed by atoms with Crippen molar-refractivity contribution in [3.63, 3.8) is 0 Å². The van der Waals surface area contributed by atoms with Gasteiger partial charge in [0.2, 0.25) is 5.91 Å². The summed E-state index contributed by atoms with van der Waals surface area (Å²) < 4.78 is 0. The van der Waals surface area contributed by atoms with Crippen molar-refractivity contribution in [1.29, 1.82) is 0 Å². The van der Waals surface area contributed by atoms with Gasteiger partial charge in [0.05, 0.1) is 0 Å². The van der Waals surface area contributed by atoms with Crippen LogP contribution in [-0.4, -0.2) is 5.91 Å². The summed E-state index contributed by atoms with van der Waals surface area (Å²) in [6.07, 6.45) is 0. The van der Waals surface area contributed by atoms with Gasteiger partial charge in [-0.15, -0.1) is 0 Å². The Kier molecular flexibility index (Phi) is 3.09. The van der Waals surface area contributed by atoms with Crippen LogP contribution in [0.25, 0.3) is 5.70 Å². The van der Waals surface area contributed by atoms with E-state index in [9.17, 15) is 4.79 Å². The van der Waals surface area contributed by atoms with Crippen LogP contribution in [0.4, 0.5) is 0 Å². The fourth-order valence-electron chi connectivity index (χ4n) is 0.961. The molecule has 0 fully saturated rings. The molecule has 0 aliphatic heterocycles. The third-order valence-corrected chi connectivity index (χ3v) is 1.74. The fraction of sp³-hybridized carbons (Fsp3) is 0.100. The van der Waals surface area contributed by atoms with Crippen LogP contribution in [0.2, 0.25) is 5.02 Å². The molecular formula is C10H10ClNO. The smallest absolute Gasteiger partial charge is 0.221 e. The summed E-state index contributed by atoms with van der Waals surface area (Å²) in [5, 5.41) is 3.22. The van der Waals surface area contributed by atoms with Crippen LogP contribution in [0.15, 0.2) is 30.8 Å². The summed E-state index contributed by atoms with van der Waals surface area (Å²) in [7, 11) is 0. The monoisotopic (exact) mass is 195 g/mol. The molecule has 0 spiro atoms. The fourth-order valence-corrected chi connectivity index (χ4v) is 1.15. The number of hydrogen-bond acceptors (Lipinski definition) is 1. The molecule has 2 nitrogen and oxygen atoms in total. The minimum atomic E-state index is -0.134. The summed E-state index contributed by atoms with van der Waals surface area (Å²) in [5.74, 6) is -0.134. The van der Waals surface area contributed by atoms with Crippen LogP contribution in [0, 0.1) is 0 Å². The third-order valence-electron chi connectivity index (χ3n) is 1.50. The van der Waals surface area contributed by atoms with Crippen LogP contribution in [0.5, 0.6) is 0 Å². The molecular weight excluding hydrogens is 186 g/mol. The Bertz CT molecular complexity index is 347. The molecule has 68 valence electrons. The minimum absolute atomic E-state index is 0.134. The Morgan fingerprint density at radius 1 is 1.54 bits per heavy atom. The first kappa shape index (κ1) is 9.81. The second kappa shape index (κ2) is 4.10. The van der Waals surface area contributed by atoms with Crippen molar-refractivity contribution in [3.05, 3.63) is 41.4 Å². The molecule has 1 N–H and O–H groups in total. The Morgan fingerprint density at radius 2 is 2.23 bits per heavy atom. The number of nitrogens with one attached hydrogen (secondary N) is 1. The van der Waals surface area contributed by atoms with E-state index in [1.807, 2.05) is 12.1 Å². The van der Waals surface area contributed by atoms with Gasteiger partial charge >= 0.3 is 0 Å².